The number of hydrogen-bond donors (Lipinski definition) is 3. The van der Waals surface area contributed by atoms with E-state index in [0.29, 0.717) is 35.5 Å². The Balaban J connectivity index is 1.35. The zero-order chi connectivity index (χ0) is 22.1. The lowest BCUT2D eigenvalue weighted by molar-refractivity contribution is -0.174. The Morgan fingerprint density at radius 2 is 1.74 bits per heavy atom. The van der Waals surface area contributed by atoms with Crippen LogP contribution < -0.4 is 5.32 Å². The first-order valence-electron chi connectivity index (χ1n) is 12.5. The first-order valence-corrected chi connectivity index (χ1v) is 13.4. The molecule has 174 valence electrons. The first-order chi connectivity index (χ1) is 14.6. The lowest BCUT2D eigenvalue weighted by Crippen LogP contribution is -2.58. The minimum atomic E-state index is -0.249. The zero-order valence-corrected chi connectivity index (χ0v) is 20.0. The van der Waals surface area contributed by atoms with E-state index < -0.39 is 0 Å². The van der Waals surface area contributed by atoms with Gasteiger partial charge in [0, 0.05) is 0 Å². The van der Waals surface area contributed by atoms with Gasteiger partial charge >= 0.3 is 0 Å². The van der Waals surface area contributed by atoms with Crippen LogP contribution in [0.5, 0.6) is 0 Å². The van der Waals surface area contributed by atoms with Gasteiger partial charge in [0.1, 0.15) is 0 Å². The molecule has 6 heteroatoms. The molecule has 0 aromatic rings. The van der Waals surface area contributed by atoms with Crippen LogP contribution in [0.2, 0.25) is 0 Å². The second-order valence-corrected chi connectivity index (χ2v) is 13.2. The van der Waals surface area contributed by atoms with E-state index in [-0.39, 0.29) is 39.4 Å². The van der Waals surface area contributed by atoms with Crippen LogP contribution in [-0.4, -0.2) is 38.8 Å². The van der Waals surface area contributed by atoms with Gasteiger partial charge < -0.3 is 10.2 Å². The highest BCUT2D eigenvalue weighted by Crippen LogP contribution is 2.68. The highest BCUT2D eigenvalue weighted by Gasteiger charge is 2.63. The number of fused-ring (bicyclic) bond motifs is 5. The van der Waals surface area contributed by atoms with Gasteiger partial charge in [-0.3, -0.25) is 14.9 Å². The number of carbonyl (C=O) groups excluding carboxylic acids is 2. The summed E-state index contributed by atoms with van der Waals surface area (Å²) in [5.41, 5.74) is 0.468. The zero-order valence-electron chi connectivity index (χ0n) is 19.2. The molecule has 1 saturated heterocycles. The van der Waals surface area contributed by atoms with Crippen molar-refractivity contribution in [3.8, 4) is 0 Å². The number of aliphatic hydroxyl groups is 2. The molecule has 5 aliphatic rings. The molecule has 5 rings (SSSR count). The smallest absolute Gasteiger partial charge is 0.286 e. The Hall–Kier alpha value is -0.590. The Bertz CT molecular complexity index is 760. The molecule has 6 unspecified atom stereocenters. The predicted molar refractivity (Wildman–Crippen MR) is 121 cm³/mol. The van der Waals surface area contributed by atoms with Crippen LogP contribution in [0.15, 0.2) is 0 Å². The summed E-state index contributed by atoms with van der Waals surface area (Å²) in [6.07, 6.45) is 8.77. The standard InChI is InChI=1S/C25H39NO4S/c1-13(10-20-22(29)26-23(30)31-20)16-4-5-17-21-18(7-9-25(16,17)3)24(2)8-6-15(27)11-14(24)12-19(21)28/h13-21,27-28H,4-12H2,1-3H3,(H,26,29,30)/t13-,14+,15-,16?,17?,18?,19?,20?,21?,24+,25-/m1/s1. The Labute approximate surface area is 190 Å². The Morgan fingerprint density at radius 1 is 1.03 bits per heavy atom. The van der Waals surface area contributed by atoms with E-state index in [0.717, 1.165) is 43.9 Å². The molecule has 0 aromatic carbocycles. The summed E-state index contributed by atoms with van der Waals surface area (Å²) in [6.45, 7) is 7.19. The number of aliphatic hydroxyl groups excluding tert-OH is 2. The third-order valence-electron chi connectivity index (χ3n) is 10.8. The van der Waals surface area contributed by atoms with Crippen molar-refractivity contribution in [2.24, 2.45) is 46.3 Å². The maximum absolute atomic E-state index is 12.1. The quantitative estimate of drug-likeness (QED) is 0.596. The van der Waals surface area contributed by atoms with E-state index in [1.165, 1.54) is 25.7 Å². The van der Waals surface area contributed by atoms with Gasteiger partial charge in [0.15, 0.2) is 0 Å². The van der Waals surface area contributed by atoms with Crippen LogP contribution in [-0.2, 0) is 4.79 Å². The largest absolute Gasteiger partial charge is 0.393 e. The van der Waals surface area contributed by atoms with Crippen molar-refractivity contribution in [3.05, 3.63) is 0 Å². The highest BCUT2D eigenvalue weighted by molar-refractivity contribution is 8.15. The lowest BCUT2D eigenvalue weighted by Gasteiger charge is -2.62. The van der Waals surface area contributed by atoms with E-state index in [9.17, 15) is 19.8 Å². The van der Waals surface area contributed by atoms with Gasteiger partial charge in [0.05, 0.1) is 17.5 Å². The van der Waals surface area contributed by atoms with Crippen molar-refractivity contribution in [2.45, 2.75) is 96.0 Å². The van der Waals surface area contributed by atoms with Gasteiger partial charge in [-0.2, -0.15) is 0 Å². The molecule has 1 aliphatic heterocycles. The molecule has 5 nitrogen and oxygen atoms in total. The summed E-state index contributed by atoms with van der Waals surface area (Å²) in [6, 6.07) is 0. The van der Waals surface area contributed by atoms with Crippen LogP contribution in [0, 0.1) is 46.3 Å². The van der Waals surface area contributed by atoms with Gasteiger partial charge in [-0.15, -0.1) is 0 Å². The molecular formula is C25H39NO4S. The molecule has 5 fully saturated rings. The lowest BCUT2D eigenvalue weighted by atomic mass is 9.43. The number of thioether (sulfide) groups is 1. The first kappa shape index (κ1) is 22.2. The molecule has 2 amide bonds. The van der Waals surface area contributed by atoms with Gasteiger partial charge in [-0.25, -0.2) is 0 Å². The number of amides is 2. The SMILES string of the molecule is C[C@H](CC1SC(=O)NC1=O)C1CCC2C3C(O)C[C@@H]4C[C@H](O)CC[C@]4(C)C3CC[C@@]21C. The fourth-order valence-corrected chi connectivity index (χ4v) is 10.2. The molecule has 1 heterocycles. The normalized spacial score (nSPS) is 52.8. The van der Waals surface area contributed by atoms with Crippen molar-refractivity contribution in [1.29, 1.82) is 0 Å². The number of nitrogens with one attached hydrogen (secondary N) is 1. The van der Waals surface area contributed by atoms with Gasteiger partial charge in [0.2, 0.25) is 5.91 Å². The van der Waals surface area contributed by atoms with E-state index in [1.54, 1.807) is 0 Å². The second kappa shape index (κ2) is 7.73. The van der Waals surface area contributed by atoms with Gasteiger partial charge in [0.25, 0.3) is 5.24 Å². The fourth-order valence-electron chi connectivity index (χ4n) is 9.23. The number of carbonyl (C=O) groups is 2. The molecule has 0 aromatic heterocycles. The molecule has 0 spiro atoms. The topological polar surface area (TPSA) is 86.6 Å². The summed E-state index contributed by atoms with van der Waals surface area (Å²) in [4.78, 5) is 23.7. The third-order valence-corrected chi connectivity index (χ3v) is 11.8. The fraction of sp³-hybridized carbons (Fsp3) is 0.920. The van der Waals surface area contributed by atoms with Crippen molar-refractivity contribution in [2.75, 3.05) is 0 Å². The van der Waals surface area contributed by atoms with E-state index >= 15 is 0 Å². The number of imide groups is 1. The van der Waals surface area contributed by atoms with Gasteiger partial charge in [-0.1, -0.05) is 32.5 Å². The van der Waals surface area contributed by atoms with Crippen LogP contribution in [0.3, 0.4) is 0 Å². The molecule has 4 aliphatic carbocycles. The average molecular weight is 450 g/mol. The number of hydrogen-bond acceptors (Lipinski definition) is 5. The summed E-state index contributed by atoms with van der Waals surface area (Å²) >= 11 is 1.16. The molecule has 0 radical (unpaired) electrons. The Kier molecular flexibility index (Phi) is 5.54. The molecule has 11 atom stereocenters. The van der Waals surface area contributed by atoms with Crippen molar-refractivity contribution < 1.29 is 19.8 Å². The van der Waals surface area contributed by atoms with Crippen LogP contribution in [0.4, 0.5) is 4.79 Å². The monoisotopic (exact) mass is 449 g/mol. The summed E-state index contributed by atoms with van der Waals surface area (Å²) < 4.78 is 0. The maximum Gasteiger partial charge on any atom is 0.286 e. The molecule has 31 heavy (non-hydrogen) atoms. The van der Waals surface area contributed by atoms with Crippen molar-refractivity contribution in [3.63, 3.8) is 0 Å². The van der Waals surface area contributed by atoms with Crippen molar-refractivity contribution in [1.82, 2.24) is 5.32 Å². The molecule has 4 saturated carbocycles. The van der Waals surface area contributed by atoms with E-state index in [4.69, 9.17) is 0 Å². The summed E-state index contributed by atoms with van der Waals surface area (Å²) in [7, 11) is 0. The third kappa shape index (κ3) is 3.42. The van der Waals surface area contributed by atoms with Crippen LogP contribution in [0.1, 0.15) is 78.6 Å². The van der Waals surface area contributed by atoms with Crippen LogP contribution >= 0.6 is 11.8 Å². The van der Waals surface area contributed by atoms with E-state index in [1.807, 2.05) is 0 Å². The molecule has 3 N–H and O–H groups in total. The second-order valence-electron chi connectivity index (χ2n) is 12.0. The van der Waals surface area contributed by atoms with Crippen LogP contribution in [0.25, 0.3) is 0 Å². The molecule has 0 bridgehead atoms. The van der Waals surface area contributed by atoms with Gasteiger partial charge in [-0.05, 0) is 104 Å². The van der Waals surface area contributed by atoms with E-state index in [2.05, 4.69) is 26.1 Å². The molecular weight excluding hydrogens is 410 g/mol. The minimum absolute atomic E-state index is 0.119. The van der Waals surface area contributed by atoms with Crippen molar-refractivity contribution >= 4 is 22.9 Å². The maximum atomic E-state index is 12.1. The Morgan fingerprint density at radius 3 is 2.45 bits per heavy atom. The number of rotatable bonds is 3. The summed E-state index contributed by atoms with van der Waals surface area (Å²) in [5, 5.41) is 23.6. The highest BCUT2D eigenvalue weighted by atomic mass is 32.2. The summed E-state index contributed by atoms with van der Waals surface area (Å²) in [5.74, 6) is 2.76. The predicted octanol–water partition coefficient (Wildman–Crippen LogP) is 4.35. The average Bonchev–Trinajstić information content (AvgIpc) is 3.21. The minimum Gasteiger partial charge on any atom is -0.393 e.